The molecule has 1 aliphatic heterocycles. The molecule has 2 N–H and O–H groups in total. The van der Waals surface area contributed by atoms with Crippen LogP contribution in [0.3, 0.4) is 0 Å². The Bertz CT molecular complexity index is 631. The summed E-state index contributed by atoms with van der Waals surface area (Å²) in [7, 11) is 0. The Labute approximate surface area is 109 Å². The first-order valence-corrected chi connectivity index (χ1v) is 6.00. The lowest BCUT2D eigenvalue weighted by molar-refractivity contribution is -0.142. The largest absolute Gasteiger partial charge is 0.479 e. The molecular weight excluding hydrogens is 248 g/mol. The third-order valence-corrected chi connectivity index (χ3v) is 3.32. The number of carboxylic acids is 1. The number of carbonyl (C=O) groups is 1. The van der Waals surface area contributed by atoms with Crippen molar-refractivity contribution in [2.75, 3.05) is 18.5 Å². The summed E-state index contributed by atoms with van der Waals surface area (Å²) in [5.41, 5.74) is 0.580. The molecule has 0 aliphatic carbocycles. The second kappa shape index (κ2) is 4.20. The molecule has 2 aromatic heterocycles. The maximum absolute atomic E-state index is 11.5. The van der Waals surface area contributed by atoms with Crippen molar-refractivity contribution in [2.45, 2.75) is 18.9 Å². The molecule has 0 bridgehead atoms. The molecule has 0 amide bonds. The van der Waals surface area contributed by atoms with Gasteiger partial charge in [-0.15, -0.1) is 0 Å². The number of hydrogen-bond acceptors (Lipinski definition) is 5. The van der Waals surface area contributed by atoms with Crippen LogP contribution in [0.25, 0.3) is 5.65 Å². The summed E-state index contributed by atoms with van der Waals surface area (Å²) in [5.74, 6) is -0.305. The zero-order valence-electron chi connectivity index (χ0n) is 10.5. The Balaban J connectivity index is 2.04. The number of hydrogen-bond donors (Lipinski definition) is 2. The number of pyridine rings is 1. The van der Waals surface area contributed by atoms with E-state index < -0.39 is 11.5 Å². The van der Waals surface area contributed by atoms with Crippen molar-refractivity contribution in [3.8, 4) is 0 Å². The summed E-state index contributed by atoms with van der Waals surface area (Å²) < 4.78 is 6.82. The van der Waals surface area contributed by atoms with Crippen LogP contribution in [-0.2, 0) is 9.53 Å². The molecule has 7 heteroatoms. The van der Waals surface area contributed by atoms with Gasteiger partial charge in [0.15, 0.2) is 11.2 Å². The standard InChI is InChI=1S/C12H14N4O3/c1-8-4-9-13-7-14-16(9)10(5-8)15-12(11(17)18)2-3-19-6-12/h4-5,7,15H,2-3,6H2,1H3,(H,17,18). The van der Waals surface area contributed by atoms with Crippen LogP contribution in [0.2, 0.25) is 0 Å². The fourth-order valence-corrected chi connectivity index (χ4v) is 2.28. The number of aryl methyl sites for hydroxylation is 1. The Kier molecular flexibility index (Phi) is 2.63. The van der Waals surface area contributed by atoms with Gasteiger partial charge in [-0.3, -0.25) is 0 Å². The van der Waals surface area contributed by atoms with Gasteiger partial charge in [0.25, 0.3) is 0 Å². The average Bonchev–Trinajstić information content (AvgIpc) is 2.97. The lowest BCUT2D eigenvalue weighted by Crippen LogP contribution is -2.47. The molecule has 1 aliphatic rings. The van der Waals surface area contributed by atoms with Gasteiger partial charge in [0, 0.05) is 13.0 Å². The number of fused-ring (bicyclic) bond motifs is 1. The van der Waals surface area contributed by atoms with Crippen LogP contribution in [0.1, 0.15) is 12.0 Å². The Morgan fingerprint density at radius 2 is 2.42 bits per heavy atom. The minimum absolute atomic E-state index is 0.145. The molecule has 1 fully saturated rings. The second-order valence-corrected chi connectivity index (χ2v) is 4.76. The highest BCUT2D eigenvalue weighted by Gasteiger charge is 2.43. The van der Waals surface area contributed by atoms with Crippen molar-refractivity contribution in [3.63, 3.8) is 0 Å². The van der Waals surface area contributed by atoms with Gasteiger partial charge in [-0.05, 0) is 24.6 Å². The zero-order chi connectivity index (χ0) is 13.5. The van der Waals surface area contributed by atoms with Crippen molar-refractivity contribution in [1.29, 1.82) is 0 Å². The highest BCUT2D eigenvalue weighted by Crippen LogP contribution is 2.25. The van der Waals surface area contributed by atoms with Gasteiger partial charge in [0.1, 0.15) is 12.1 Å². The van der Waals surface area contributed by atoms with Crippen LogP contribution in [0, 0.1) is 6.92 Å². The monoisotopic (exact) mass is 262 g/mol. The summed E-state index contributed by atoms with van der Waals surface area (Å²) in [4.78, 5) is 15.6. The van der Waals surface area contributed by atoms with Gasteiger partial charge in [-0.1, -0.05) is 0 Å². The van der Waals surface area contributed by atoms with E-state index in [4.69, 9.17) is 4.74 Å². The van der Waals surface area contributed by atoms with Crippen LogP contribution >= 0.6 is 0 Å². The van der Waals surface area contributed by atoms with E-state index in [1.165, 1.54) is 6.33 Å². The molecular formula is C12H14N4O3. The maximum Gasteiger partial charge on any atom is 0.331 e. The SMILES string of the molecule is Cc1cc(NC2(C(=O)O)CCOC2)n2ncnc2c1. The quantitative estimate of drug-likeness (QED) is 0.846. The smallest absolute Gasteiger partial charge is 0.331 e. The third-order valence-electron chi connectivity index (χ3n) is 3.32. The fourth-order valence-electron chi connectivity index (χ4n) is 2.28. The van der Waals surface area contributed by atoms with Crippen molar-refractivity contribution >= 4 is 17.4 Å². The lowest BCUT2D eigenvalue weighted by Gasteiger charge is -2.25. The summed E-state index contributed by atoms with van der Waals surface area (Å²) in [5, 5.41) is 16.6. The van der Waals surface area contributed by atoms with Crippen LogP contribution < -0.4 is 5.32 Å². The van der Waals surface area contributed by atoms with Crippen molar-refractivity contribution in [3.05, 3.63) is 24.0 Å². The fraction of sp³-hybridized carbons (Fsp3) is 0.417. The van der Waals surface area contributed by atoms with Gasteiger partial charge in [-0.2, -0.15) is 9.61 Å². The molecule has 3 heterocycles. The van der Waals surface area contributed by atoms with Gasteiger partial charge in [0.05, 0.1) is 6.61 Å². The highest BCUT2D eigenvalue weighted by molar-refractivity contribution is 5.83. The van der Waals surface area contributed by atoms with E-state index in [2.05, 4.69) is 15.4 Å². The first kappa shape index (κ1) is 11.9. The molecule has 1 saturated heterocycles. The molecule has 0 saturated carbocycles. The zero-order valence-corrected chi connectivity index (χ0v) is 10.5. The highest BCUT2D eigenvalue weighted by atomic mass is 16.5. The number of ether oxygens (including phenoxy) is 1. The van der Waals surface area contributed by atoms with E-state index in [-0.39, 0.29) is 6.61 Å². The van der Waals surface area contributed by atoms with E-state index >= 15 is 0 Å². The molecule has 19 heavy (non-hydrogen) atoms. The number of carboxylic acid groups (broad SMARTS) is 1. The van der Waals surface area contributed by atoms with E-state index in [9.17, 15) is 9.90 Å². The minimum atomic E-state index is -1.09. The molecule has 100 valence electrons. The van der Waals surface area contributed by atoms with Crippen molar-refractivity contribution in [1.82, 2.24) is 14.6 Å². The first-order valence-electron chi connectivity index (χ1n) is 6.00. The normalized spacial score (nSPS) is 22.8. The van der Waals surface area contributed by atoms with Gasteiger partial charge >= 0.3 is 5.97 Å². The number of rotatable bonds is 3. The number of nitrogens with zero attached hydrogens (tertiary/aromatic N) is 3. The predicted octanol–water partition coefficient (Wildman–Crippen LogP) is 0.693. The Hall–Kier alpha value is -2.15. The predicted molar refractivity (Wildman–Crippen MR) is 67.1 cm³/mol. The summed E-state index contributed by atoms with van der Waals surface area (Å²) in [6.45, 7) is 2.51. The first-order chi connectivity index (χ1) is 9.11. The summed E-state index contributed by atoms with van der Waals surface area (Å²) in [6, 6.07) is 3.74. The van der Waals surface area contributed by atoms with Crippen molar-refractivity contribution < 1.29 is 14.6 Å². The van der Waals surface area contributed by atoms with Gasteiger partial charge in [-0.25, -0.2) is 9.78 Å². The van der Waals surface area contributed by atoms with E-state index in [1.807, 2.05) is 19.1 Å². The van der Waals surface area contributed by atoms with Crippen LogP contribution in [0.4, 0.5) is 5.82 Å². The number of anilines is 1. The Morgan fingerprint density at radius 1 is 1.58 bits per heavy atom. The molecule has 0 spiro atoms. The molecule has 7 nitrogen and oxygen atoms in total. The lowest BCUT2D eigenvalue weighted by atomic mass is 9.99. The van der Waals surface area contributed by atoms with Crippen LogP contribution in [0.5, 0.6) is 0 Å². The van der Waals surface area contributed by atoms with E-state index in [0.717, 1.165) is 5.56 Å². The number of aromatic nitrogens is 3. The molecule has 3 rings (SSSR count). The van der Waals surface area contributed by atoms with E-state index in [1.54, 1.807) is 4.52 Å². The molecule has 2 aromatic rings. The van der Waals surface area contributed by atoms with Crippen molar-refractivity contribution in [2.24, 2.45) is 0 Å². The molecule has 1 atom stereocenters. The van der Waals surface area contributed by atoms with Gasteiger partial charge < -0.3 is 15.2 Å². The third kappa shape index (κ3) is 1.91. The van der Waals surface area contributed by atoms with Crippen LogP contribution in [-0.4, -0.2) is 44.4 Å². The number of nitrogens with one attached hydrogen (secondary N) is 1. The van der Waals surface area contributed by atoms with Gasteiger partial charge in [0.2, 0.25) is 0 Å². The molecule has 0 aromatic carbocycles. The molecule has 1 unspecified atom stereocenters. The van der Waals surface area contributed by atoms with Crippen LogP contribution in [0.15, 0.2) is 18.5 Å². The summed E-state index contributed by atoms with van der Waals surface area (Å²) >= 11 is 0. The number of aliphatic carboxylic acids is 1. The maximum atomic E-state index is 11.5. The minimum Gasteiger partial charge on any atom is -0.479 e. The second-order valence-electron chi connectivity index (χ2n) is 4.76. The Morgan fingerprint density at radius 3 is 3.11 bits per heavy atom. The summed E-state index contributed by atoms with van der Waals surface area (Å²) in [6.07, 6.45) is 1.87. The van der Waals surface area contributed by atoms with E-state index in [0.29, 0.717) is 24.5 Å². The topological polar surface area (TPSA) is 88.8 Å². The molecule has 0 radical (unpaired) electrons. The average molecular weight is 262 g/mol.